The summed E-state index contributed by atoms with van der Waals surface area (Å²) in [6.45, 7) is 0. The molecule has 0 unspecified atom stereocenters. The third-order valence-electron chi connectivity index (χ3n) is 2.14. The number of rotatable bonds is 0. The summed E-state index contributed by atoms with van der Waals surface area (Å²) in [6, 6.07) is 0. The first-order valence-electron chi connectivity index (χ1n) is 3.57. The molecule has 3 aliphatic rings. The number of hydrogen-bond acceptors (Lipinski definition) is 3. The smallest absolute Gasteiger partial charge is 0.169 e. The molecule has 58 valence electrons. The van der Waals surface area contributed by atoms with Crippen LogP contribution >= 0.6 is 7.92 Å². The Morgan fingerprint density at radius 3 is 1.45 bits per heavy atom. The lowest BCUT2D eigenvalue weighted by molar-refractivity contribution is -0.123. The van der Waals surface area contributed by atoms with Crippen molar-refractivity contribution in [2.45, 2.75) is 19.3 Å². The summed E-state index contributed by atoms with van der Waals surface area (Å²) in [5.41, 5.74) is -0.257. The fraction of sp³-hybridized carbons (Fsp3) is 0.571. The average molecular weight is 170 g/mol. The highest BCUT2D eigenvalue weighted by molar-refractivity contribution is 8.02. The maximum Gasteiger partial charge on any atom is 0.169 e. The second kappa shape index (κ2) is 2.21. The largest absolute Gasteiger partial charge is 0.294 e. The van der Waals surface area contributed by atoms with E-state index in [1.807, 2.05) is 0 Å². The molecule has 0 aromatic rings. The fourth-order valence-corrected chi connectivity index (χ4v) is 3.81. The highest BCUT2D eigenvalue weighted by Crippen LogP contribution is 2.54. The van der Waals surface area contributed by atoms with Gasteiger partial charge in [0.25, 0.3) is 0 Å². The van der Waals surface area contributed by atoms with Crippen LogP contribution in [0.3, 0.4) is 0 Å². The van der Waals surface area contributed by atoms with Gasteiger partial charge >= 0.3 is 0 Å². The molecule has 3 rings (SSSR count). The molecule has 3 aliphatic heterocycles. The van der Waals surface area contributed by atoms with E-state index >= 15 is 0 Å². The molecule has 0 aromatic carbocycles. The van der Waals surface area contributed by atoms with Gasteiger partial charge in [-0.25, -0.2) is 0 Å². The second-order valence-electron chi connectivity index (χ2n) is 3.00. The molecule has 3 fully saturated rings. The molecule has 11 heavy (non-hydrogen) atoms. The summed E-state index contributed by atoms with van der Waals surface area (Å²) in [6.07, 6.45) is 1.43. The van der Waals surface area contributed by atoms with E-state index in [0.29, 0.717) is 19.3 Å². The van der Waals surface area contributed by atoms with Gasteiger partial charge in [-0.3, -0.25) is 14.4 Å². The monoisotopic (exact) mass is 170 g/mol. The van der Waals surface area contributed by atoms with Gasteiger partial charge in [-0.1, -0.05) is 0 Å². The highest BCUT2D eigenvalue weighted by atomic mass is 31.1. The molecular weight excluding hydrogens is 163 g/mol. The van der Waals surface area contributed by atoms with Gasteiger partial charge in [-0.15, -0.1) is 0 Å². The number of carbonyl (C=O) groups is 3. The Labute approximate surface area is 64.9 Å². The summed E-state index contributed by atoms with van der Waals surface area (Å²) in [5, 5.41) is 0. The predicted octanol–water partition coefficient (Wildman–Crippen LogP) is 0.862. The van der Waals surface area contributed by atoms with Gasteiger partial charge in [0.2, 0.25) is 0 Å². The molecule has 0 atom stereocenters. The lowest BCUT2D eigenvalue weighted by Gasteiger charge is -2.31. The third kappa shape index (κ3) is 0.951. The van der Waals surface area contributed by atoms with Crippen molar-refractivity contribution in [1.29, 1.82) is 0 Å². The fourth-order valence-electron chi connectivity index (χ4n) is 1.65. The molecule has 0 N–H and O–H groups in total. The highest BCUT2D eigenvalue weighted by Gasteiger charge is 2.46. The number of hydrogen-bond donors (Lipinski definition) is 0. The summed E-state index contributed by atoms with van der Waals surface area (Å²) < 4.78 is 0. The maximum atomic E-state index is 11.1. The van der Waals surface area contributed by atoms with Gasteiger partial charge < -0.3 is 0 Å². The lowest BCUT2D eigenvalue weighted by Crippen LogP contribution is -2.31. The van der Waals surface area contributed by atoms with E-state index in [1.165, 1.54) is 0 Å². The van der Waals surface area contributed by atoms with Crippen molar-refractivity contribution >= 4 is 24.5 Å². The lowest BCUT2D eigenvalue weighted by atomic mass is 9.98. The Morgan fingerprint density at radius 2 is 1.27 bits per heavy atom. The summed E-state index contributed by atoms with van der Waals surface area (Å²) >= 11 is 0. The predicted molar refractivity (Wildman–Crippen MR) is 39.3 cm³/mol. The molecule has 3 heterocycles. The van der Waals surface area contributed by atoms with Crippen LogP contribution in [0.2, 0.25) is 0 Å². The number of carbonyl (C=O) groups excluding carboxylic acids is 3. The summed E-state index contributed by atoms with van der Waals surface area (Å²) in [4.78, 5) is 33.2. The molecule has 0 amide bonds. The standard InChI is InChI=1S/C7H7O3P/c8-5-1-4-2-6(9)11(5)7(10)3-4/h4H,1-3H2. The molecular formula is C7H7O3P. The first-order chi connectivity index (χ1) is 5.18. The maximum absolute atomic E-state index is 11.1. The molecule has 0 aliphatic carbocycles. The van der Waals surface area contributed by atoms with Crippen molar-refractivity contribution in [3.05, 3.63) is 0 Å². The van der Waals surface area contributed by atoms with Crippen molar-refractivity contribution < 1.29 is 14.4 Å². The van der Waals surface area contributed by atoms with Crippen molar-refractivity contribution in [3.8, 4) is 0 Å². The van der Waals surface area contributed by atoms with Crippen LogP contribution in [0.25, 0.3) is 0 Å². The summed E-state index contributed by atoms with van der Waals surface area (Å²) in [5.74, 6) is 0.0509. The number of fused-ring (bicyclic) bond motifs is 3. The van der Waals surface area contributed by atoms with Crippen molar-refractivity contribution in [2.75, 3.05) is 0 Å². The molecule has 0 saturated carbocycles. The van der Waals surface area contributed by atoms with Gasteiger partial charge in [0.05, 0.1) is 0 Å². The molecule has 4 heteroatoms. The first kappa shape index (κ1) is 7.11. The Bertz CT molecular complexity index is 216. The van der Waals surface area contributed by atoms with E-state index in [0.717, 1.165) is 0 Å². The minimum Gasteiger partial charge on any atom is -0.294 e. The molecule has 0 aromatic heterocycles. The van der Waals surface area contributed by atoms with Crippen LogP contribution in [0.15, 0.2) is 0 Å². The van der Waals surface area contributed by atoms with Crippen LogP contribution in [0, 0.1) is 5.92 Å². The van der Waals surface area contributed by atoms with Crippen LogP contribution in [0.5, 0.6) is 0 Å². The van der Waals surface area contributed by atoms with Crippen LogP contribution in [-0.2, 0) is 14.4 Å². The van der Waals surface area contributed by atoms with Gasteiger partial charge in [0.15, 0.2) is 16.6 Å². The second-order valence-corrected chi connectivity index (χ2v) is 5.16. The molecule has 0 radical (unpaired) electrons. The molecule has 3 saturated heterocycles. The Morgan fingerprint density at radius 1 is 0.909 bits per heavy atom. The van der Waals surface area contributed by atoms with Crippen molar-refractivity contribution in [2.24, 2.45) is 5.92 Å². The van der Waals surface area contributed by atoms with Crippen LogP contribution < -0.4 is 0 Å². The SMILES string of the molecule is O=C1CC2CC(=O)P1C(=O)C2. The van der Waals surface area contributed by atoms with Crippen LogP contribution in [0.4, 0.5) is 0 Å². The van der Waals surface area contributed by atoms with Gasteiger partial charge in [0.1, 0.15) is 7.92 Å². The average Bonchev–Trinajstić information content (AvgIpc) is 1.82. The quantitative estimate of drug-likeness (QED) is 0.506. The Kier molecular flexibility index (Phi) is 1.43. The minimum absolute atomic E-state index is 0.0509. The zero-order valence-electron chi connectivity index (χ0n) is 5.87. The zero-order chi connectivity index (χ0) is 8.01. The molecule has 0 spiro atoms. The van der Waals surface area contributed by atoms with Crippen molar-refractivity contribution in [3.63, 3.8) is 0 Å². The Hall–Kier alpha value is -0.560. The van der Waals surface area contributed by atoms with E-state index in [1.54, 1.807) is 0 Å². The summed E-state index contributed by atoms with van der Waals surface area (Å²) in [7, 11) is -1.50. The van der Waals surface area contributed by atoms with Gasteiger partial charge in [0, 0.05) is 19.3 Å². The van der Waals surface area contributed by atoms with E-state index in [2.05, 4.69) is 0 Å². The van der Waals surface area contributed by atoms with Gasteiger partial charge in [-0.2, -0.15) is 0 Å². The molecule has 3 nitrogen and oxygen atoms in total. The van der Waals surface area contributed by atoms with E-state index < -0.39 is 7.92 Å². The van der Waals surface area contributed by atoms with Gasteiger partial charge in [-0.05, 0) is 5.92 Å². The van der Waals surface area contributed by atoms with E-state index in [4.69, 9.17) is 0 Å². The zero-order valence-corrected chi connectivity index (χ0v) is 6.77. The van der Waals surface area contributed by atoms with Crippen molar-refractivity contribution in [1.82, 2.24) is 0 Å². The topological polar surface area (TPSA) is 51.2 Å². The normalized spacial score (nSPS) is 36.5. The third-order valence-corrected chi connectivity index (χ3v) is 4.18. The van der Waals surface area contributed by atoms with E-state index in [9.17, 15) is 14.4 Å². The minimum atomic E-state index is -1.50. The Balaban J connectivity index is 2.37. The first-order valence-corrected chi connectivity index (χ1v) is 4.91. The van der Waals surface area contributed by atoms with Crippen LogP contribution in [-0.4, -0.2) is 16.6 Å². The van der Waals surface area contributed by atoms with E-state index in [-0.39, 0.29) is 22.5 Å². The van der Waals surface area contributed by atoms with Crippen LogP contribution in [0.1, 0.15) is 19.3 Å². The molecule has 2 bridgehead atoms.